The summed E-state index contributed by atoms with van der Waals surface area (Å²) >= 11 is 1.44. The molecule has 0 fully saturated rings. The van der Waals surface area contributed by atoms with Crippen molar-refractivity contribution in [1.29, 1.82) is 0 Å². The quantitative estimate of drug-likeness (QED) is 0.323. The van der Waals surface area contributed by atoms with Gasteiger partial charge in [0.25, 0.3) is 0 Å². The Balaban J connectivity index is 1.80. The smallest absolute Gasteiger partial charge is 0.338 e. The molecule has 8 nitrogen and oxygen atoms in total. The minimum atomic E-state index is -1.13. The van der Waals surface area contributed by atoms with Crippen LogP contribution in [0.15, 0.2) is 89.0 Å². The van der Waals surface area contributed by atoms with E-state index in [1.54, 1.807) is 43.3 Å². The number of rotatable bonds is 7. The van der Waals surface area contributed by atoms with Crippen molar-refractivity contribution in [3.05, 3.63) is 105 Å². The third kappa shape index (κ3) is 4.79. The number of nitrogens with zero attached hydrogens (tertiary/aromatic N) is 2. The number of allylic oxidation sites excluding steroid dienone is 2. The molecule has 1 aromatic carbocycles. The molecule has 0 amide bonds. The van der Waals surface area contributed by atoms with Gasteiger partial charge in [-0.3, -0.25) is 19.5 Å². The van der Waals surface area contributed by atoms with Crippen LogP contribution in [0.25, 0.3) is 0 Å². The summed E-state index contributed by atoms with van der Waals surface area (Å²) in [5.41, 5.74) is 8.58. The van der Waals surface area contributed by atoms with Gasteiger partial charge in [-0.15, -0.1) is 11.3 Å². The monoisotopic (exact) mass is 561 g/mol. The van der Waals surface area contributed by atoms with Crippen molar-refractivity contribution < 1.29 is 28.2 Å². The zero-order valence-electron chi connectivity index (χ0n) is 22.0. The highest BCUT2D eigenvalue weighted by Gasteiger charge is 2.51. The maximum atomic E-state index is 14.6. The number of halogens is 1. The number of aromatic nitrogens is 1. The van der Waals surface area contributed by atoms with Crippen LogP contribution in [0.1, 0.15) is 42.5 Å². The second-order valence-corrected chi connectivity index (χ2v) is 10.3. The number of ketones is 1. The van der Waals surface area contributed by atoms with Crippen molar-refractivity contribution in [2.45, 2.75) is 32.1 Å². The number of thiophene rings is 1. The van der Waals surface area contributed by atoms with Crippen LogP contribution in [-0.4, -0.2) is 35.9 Å². The molecule has 206 valence electrons. The Kier molecular flexibility index (Phi) is 7.79. The lowest BCUT2D eigenvalue weighted by Gasteiger charge is -2.43. The van der Waals surface area contributed by atoms with Crippen LogP contribution >= 0.6 is 11.3 Å². The van der Waals surface area contributed by atoms with Gasteiger partial charge in [0.2, 0.25) is 0 Å². The fraction of sp³-hybridized carbons (Fsp3) is 0.267. The molecule has 10 heteroatoms. The van der Waals surface area contributed by atoms with Gasteiger partial charge in [0, 0.05) is 40.1 Å². The molecule has 0 spiro atoms. The van der Waals surface area contributed by atoms with Gasteiger partial charge < -0.3 is 15.2 Å². The van der Waals surface area contributed by atoms with Crippen LogP contribution < -0.4 is 10.6 Å². The molecule has 3 aromatic rings. The normalized spacial score (nSPS) is 20.8. The first-order valence-corrected chi connectivity index (χ1v) is 13.8. The Morgan fingerprint density at radius 2 is 1.85 bits per heavy atom. The SMILES string of the molecule is CCOC(=O)C1=C(N)N(c2ccc(F)cc2)C2=C(C(=O)[C@H](C(=O)OCC)[C@H](c3cccs3)C2)[C@H]1c1cccnc1. The lowest BCUT2D eigenvalue weighted by molar-refractivity contribution is -0.152. The Labute approximate surface area is 234 Å². The fourth-order valence-corrected chi connectivity index (χ4v) is 6.34. The molecule has 0 saturated heterocycles. The standard InChI is InChI=1S/C30H28FN3O5S/c1-3-38-29(36)24-20(22-8-6-14-40-22)15-21-25(27(24)35)23(17-7-5-13-33-16-17)26(30(37)39-4-2)28(32)34(21)19-11-9-18(31)10-12-19/h5-14,16,20,23-24H,3-4,15,32H2,1-2H3/t20-,23+,24+/m0/s1. The zero-order chi connectivity index (χ0) is 28.4. The number of pyridine rings is 1. The van der Waals surface area contributed by atoms with Gasteiger partial charge in [0.15, 0.2) is 5.78 Å². The van der Waals surface area contributed by atoms with E-state index in [1.807, 2.05) is 17.5 Å². The molecule has 1 aliphatic heterocycles. The van der Waals surface area contributed by atoms with Crippen LogP contribution in [0, 0.1) is 11.7 Å². The summed E-state index contributed by atoms with van der Waals surface area (Å²) in [6, 6.07) is 12.8. The molecular formula is C30H28FN3O5S. The predicted molar refractivity (Wildman–Crippen MR) is 148 cm³/mol. The highest BCUT2D eigenvalue weighted by atomic mass is 32.1. The summed E-state index contributed by atoms with van der Waals surface area (Å²) in [6.07, 6.45) is 3.39. The van der Waals surface area contributed by atoms with Gasteiger partial charge in [-0.1, -0.05) is 12.1 Å². The fourth-order valence-electron chi connectivity index (χ4n) is 5.47. The summed E-state index contributed by atoms with van der Waals surface area (Å²) in [4.78, 5) is 48.0. The first-order valence-electron chi connectivity index (χ1n) is 13.0. The second-order valence-electron chi connectivity index (χ2n) is 9.33. The van der Waals surface area contributed by atoms with Crippen LogP contribution in [0.4, 0.5) is 10.1 Å². The first kappa shape index (κ1) is 27.3. The van der Waals surface area contributed by atoms with E-state index in [-0.39, 0.29) is 36.6 Å². The number of esters is 2. The maximum absolute atomic E-state index is 14.6. The number of benzene rings is 1. The molecule has 0 radical (unpaired) electrons. The van der Waals surface area contributed by atoms with Crippen molar-refractivity contribution in [2.24, 2.45) is 11.7 Å². The van der Waals surface area contributed by atoms with Crippen LogP contribution in [0.3, 0.4) is 0 Å². The lowest BCUT2D eigenvalue weighted by atomic mass is 9.68. The van der Waals surface area contributed by atoms with Crippen LogP contribution in [0.2, 0.25) is 0 Å². The van der Waals surface area contributed by atoms with Gasteiger partial charge in [-0.05, 0) is 67.6 Å². The molecule has 0 saturated carbocycles. The minimum Gasteiger partial charge on any atom is -0.465 e. The van der Waals surface area contributed by atoms with E-state index in [9.17, 15) is 18.8 Å². The van der Waals surface area contributed by atoms with Gasteiger partial charge in [-0.2, -0.15) is 0 Å². The van der Waals surface area contributed by atoms with Gasteiger partial charge >= 0.3 is 11.9 Å². The molecular weight excluding hydrogens is 533 g/mol. The third-order valence-corrected chi connectivity index (χ3v) is 8.09. The second kappa shape index (κ2) is 11.4. The van der Waals surface area contributed by atoms with E-state index in [4.69, 9.17) is 15.2 Å². The van der Waals surface area contributed by atoms with E-state index in [1.165, 1.54) is 35.6 Å². The Bertz CT molecular complexity index is 1490. The largest absolute Gasteiger partial charge is 0.465 e. The summed E-state index contributed by atoms with van der Waals surface area (Å²) in [5.74, 6) is -4.78. The van der Waals surface area contributed by atoms with E-state index in [0.717, 1.165) is 4.88 Å². The lowest BCUT2D eigenvalue weighted by Crippen LogP contribution is -2.46. The summed E-state index contributed by atoms with van der Waals surface area (Å²) in [6.45, 7) is 3.55. The topological polar surface area (TPSA) is 112 Å². The van der Waals surface area contributed by atoms with Gasteiger partial charge in [0.1, 0.15) is 17.6 Å². The van der Waals surface area contributed by atoms with Gasteiger partial charge in [0.05, 0.1) is 24.7 Å². The molecule has 2 aromatic heterocycles. The molecule has 5 rings (SSSR count). The minimum absolute atomic E-state index is 0.0449. The first-order chi connectivity index (χ1) is 19.4. The number of anilines is 1. The summed E-state index contributed by atoms with van der Waals surface area (Å²) in [7, 11) is 0. The number of hydrogen-bond donors (Lipinski definition) is 1. The Hall–Kier alpha value is -4.31. The van der Waals surface area contributed by atoms with Crippen LogP contribution in [0.5, 0.6) is 0 Å². The molecule has 3 atom stereocenters. The van der Waals surface area contributed by atoms with Crippen molar-refractivity contribution >= 4 is 34.7 Å². The number of Topliss-reactive ketones (excluding diaryl/α,β-unsaturated/α-hetero) is 1. The molecule has 2 N–H and O–H groups in total. The maximum Gasteiger partial charge on any atom is 0.338 e. The van der Waals surface area contributed by atoms with Crippen molar-refractivity contribution in [3.8, 4) is 0 Å². The van der Waals surface area contributed by atoms with Crippen LogP contribution in [-0.2, 0) is 23.9 Å². The molecule has 0 unspecified atom stereocenters. The average Bonchev–Trinajstić information content (AvgIpc) is 3.49. The third-order valence-electron chi connectivity index (χ3n) is 7.09. The highest BCUT2D eigenvalue weighted by molar-refractivity contribution is 7.10. The molecule has 0 bridgehead atoms. The van der Waals surface area contributed by atoms with Crippen molar-refractivity contribution in [1.82, 2.24) is 4.98 Å². The molecule has 3 heterocycles. The number of carbonyl (C=O) groups excluding carboxylic acids is 3. The van der Waals surface area contributed by atoms with Gasteiger partial charge in [-0.25, -0.2) is 9.18 Å². The summed E-state index contributed by atoms with van der Waals surface area (Å²) in [5, 5.41) is 1.89. The Morgan fingerprint density at radius 1 is 1.10 bits per heavy atom. The van der Waals surface area contributed by atoms with E-state index >= 15 is 0 Å². The van der Waals surface area contributed by atoms with Crippen molar-refractivity contribution in [3.63, 3.8) is 0 Å². The Morgan fingerprint density at radius 3 is 2.48 bits per heavy atom. The highest BCUT2D eigenvalue weighted by Crippen LogP contribution is 2.52. The number of carbonyl (C=O) groups is 3. The number of nitrogens with two attached hydrogens (primary N) is 1. The van der Waals surface area contributed by atoms with E-state index in [2.05, 4.69) is 4.98 Å². The number of ether oxygens (including phenoxy) is 2. The van der Waals surface area contributed by atoms with E-state index in [0.29, 0.717) is 16.9 Å². The predicted octanol–water partition coefficient (Wildman–Crippen LogP) is 4.81. The molecule has 40 heavy (non-hydrogen) atoms. The zero-order valence-corrected chi connectivity index (χ0v) is 22.8. The number of hydrogen-bond acceptors (Lipinski definition) is 9. The van der Waals surface area contributed by atoms with Crippen molar-refractivity contribution in [2.75, 3.05) is 18.1 Å². The van der Waals surface area contributed by atoms with E-state index < -0.39 is 41.3 Å². The molecule has 2 aliphatic rings. The average molecular weight is 562 g/mol. The molecule has 1 aliphatic carbocycles. The summed E-state index contributed by atoms with van der Waals surface area (Å²) < 4.78 is 24.7.